The molecule has 0 bridgehead atoms. The topological polar surface area (TPSA) is 120 Å². The summed E-state index contributed by atoms with van der Waals surface area (Å²) in [4.78, 5) is 30.9. The van der Waals surface area contributed by atoms with E-state index in [2.05, 4.69) is 85.7 Å². The number of aliphatic carboxylic acids is 3. The Morgan fingerprint density at radius 1 is 0.568 bits per heavy atom. The van der Waals surface area contributed by atoms with Crippen molar-refractivity contribution >= 4 is 40.4 Å². The standard InChI is InChI=1S/C10H13.3C9H18O2.Sn/c1-10(2,3)9-7-5-4-6-8-9;3*1-7(2)5-9(3,4)6-8(10)11;/h4-8H,1H2,2-3H3;3*7H,5-6H2,1-4H3,(H,10,11);/q;;;;+3/p-3. The van der Waals surface area contributed by atoms with Crippen LogP contribution in [0.15, 0.2) is 30.3 Å². The summed E-state index contributed by atoms with van der Waals surface area (Å²) in [5.74, 6) is -1.21. The Hall–Kier alpha value is -1.57. The third-order valence-electron chi connectivity index (χ3n) is 6.75. The van der Waals surface area contributed by atoms with E-state index >= 15 is 0 Å². The summed E-state index contributed by atoms with van der Waals surface area (Å²) in [5.41, 5.74) is 1.48. The van der Waals surface area contributed by atoms with E-state index in [-0.39, 0.29) is 35.5 Å². The molecule has 0 aliphatic heterocycles. The molecule has 6 nitrogen and oxygen atoms in total. The second-order valence-corrected chi connectivity index (χ2v) is 17.4. The summed E-state index contributed by atoms with van der Waals surface area (Å²) in [5, 5.41) is 30.9. The van der Waals surface area contributed by atoms with Crippen molar-refractivity contribution < 1.29 is 29.7 Å². The second-order valence-electron chi connectivity index (χ2n) is 16.4. The van der Waals surface area contributed by atoms with Crippen molar-refractivity contribution in [3.05, 3.63) is 35.9 Å². The van der Waals surface area contributed by atoms with Crippen LogP contribution in [0.5, 0.6) is 0 Å². The average molecular weight is 724 g/mol. The fourth-order valence-electron chi connectivity index (χ4n) is 5.70. The first-order valence-corrected chi connectivity index (χ1v) is 18.0. The van der Waals surface area contributed by atoms with Crippen LogP contribution in [0.2, 0.25) is 4.44 Å². The van der Waals surface area contributed by atoms with Gasteiger partial charge in [0.25, 0.3) is 0 Å². The van der Waals surface area contributed by atoms with Gasteiger partial charge in [0.1, 0.15) is 0 Å². The molecule has 0 spiro atoms. The molecule has 1 rings (SSSR count). The number of hydrogen-bond acceptors (Lipinski definition) is 6. The molecule has 0 aliphatic rings. The van der Waals surface area contributed by atoms with Crippen LogP contribution in [0.4, 0.5) is 0 Å². The Morgan fingerprint density at radius 2 is 0.818 bits per heavy atom. The third kappa shape index (κ3) is 30.5. The van der Waals surface area contributed by atoms with E-state index in [1.165, 1.54) is 10.0 Å². The molecule has 0 amide bonds. The molecule has 0 heterocycles. The molecule has 0 radical (unpaired) electrons. The minimum Gasteiger partial charge on any atom is -0.550 e. The Morgan fingerprint density at radius 3 is 1.00 bits per heavy atom. The Bertz CT molecular complexity index is 850. The molecule has 1 aromatic carbocycles. The van der Waals surface area contributed by atoms with Crippen molar-refractivity contribution in [3.63, 3.8) is 0 Å². The number of carbonyl (C=O) groups is 3. The molecule has 0 aliphatic carbocycles. The van der Waals surface area contributed by atoms with Gasteiger partial charge >= 0.3 is 82.1 Å². The molecule has 7 heteroatoms. The number of carboxylic acid groups (broad SMARTS) is 3. The minimum atomic E-state index is -0.948. The number of hydrogen-bond donors (Lipinski definition) is 0. The first-order valence-electron chi connectivity index (χ1n) is 16.0. The van der Waals surface area contributed by atoms with Crippen molar-refractivity contribution in [1.82, 2.24) is 0 Å². The maximum atomic E-state index is 10.3. The molecule has 0 unspecified atom stereocenters. The van der Waals surface area contributed by atoms with Gasteiger partial charge in [-0.25, -0.2) is 0 Å². The van der Waals surface area contributed by atoms with E-state index in [9.17, 15) is 29.7 Å². The molecule has 0 fully saturated rings. The van der Waals surface area contributed by atoms with Crippen LogP contribution in [0.3, 0.4) is 0 Å². The van der Waals surface area contributed by atoms with Gasteiger partial charge in [0.05, 0.1) is 0 Å². The predicted octanol–water partition coefficient (Wildman–Crippen LogP) is 6.15. The van der Waals surface area contributed by atoms with Crippen LogP contribution in [-0.2, 0) is 19.8 Å². The smallest absolute Gasteiger partial charge is 0.0419 e. The zero-order valence-corrected chi connectivity index (χ0v) is 33.4. The Balaban J connectivity index is -0.000000509. The second kappa shape index (κ2) is 22.0. The molecular formula is C37H64O6Sn. The van der Waals surface area contributed by atoms with Gasteiger partial charge in [0.15, 0.2) is 0 Å². The van der Waals surface area contributed by atoms with Gasteiger partial charge in [-0.1, -0.05) is 83.1 Å². The van der Waals surface area contributed by atoms with Gasteiger partial charge in [-0.3, -0.25) is 0 Å². The predicted molar refractivity (Wildman–Crippen MR) is 179 cm³/mol. The summed E-state index contributed by atoms with van der Waals surface area (Å²) >= 11 is 1.62. The molecule has 0 saturated carbocycles. The molecule has 0 atom stereocenters. The van der Waals surface area contributed by atoms with E-state index in [4.69, 9.17) is 0 Å². The number of carboxylic acids is 3. The van der Waals surface area contributed by atoms with E-state index in [0.717, 1.165) is 19.3 Å². The van der Waals surface area contributed by atoms with Crippen LogP contribution in [0, 0.1) is 34.0 Å². The van der Waals surface area contributed by atoms with Crippen molar-refractivity contribution in [2.75, 3.05) is 0 Å². The van der Waals surface area contributed by atoms with Crippen LogP contribution >= 0.6 is 0 Å². The maximum Gasteiger partial charge on any atom is 0.0419 e. The van der Waals surface area contributed by atoms with Crippen molar-refractivity contribution in [2.24, 2.45) is 34.0 Å². The van der Waals surface area contributed by atoms with Crippen LogP contribution < -0.4 is 15.3 Å². The molecule has 0 saturated heterocycles. The zero-order chi connectivity index (χ0) is 35.5. The third-order valence-corrected chi connectivity index (χ3v) is 9.27. The fraction of sp³-hybridized carbons (Fsp3) is 0.757. The Labute approximate surface area is 284 Å². The van der Waals surface area contributed by atoms with Gasteiger partial charge in [-0.05, 0) is 72.5 Å². The monoisotopic (exact) mass is 724 g/mol. The molecular weight excluding hydrogens is 659 g/mol. The normalized spacial score (nSPS) is 12.0. The van der Waals surface area contributed by atoms with Crippen LogP contribution in [0.25, 0.3) is 0 Å². The van der Waals surface area contributed by atoms with Crippen LogP contribution in [0.1, 0.15) is 141 Å². The molecule has 252 valence electrons. The summed E-state index contributed by atoms with van der Waals surface area (Å²) in [6, 6.07) is 10.7. The SMILES string of the molecule is CC(C)([CH2][Sn+3])c1ccccc1.CC(C)CC(C)(C)CC(=O)[O-].CC(C)CC(C)(C)CC(=O)[O-].CC(C)CC(C)(C)CC(=O)[O-]. The zero-order valence-electron chi connectivity index (χ0n) is 30.5. The van der Waals surface area contributed by atoms with Crippen LogP contribution in [-0.4, -0.2) is 40.4 Å². The van der Waals surface area contributed by atoms with E-state index in [1.807, 2.05) is 41.5 Å². The van der Waals surface area contributed by atoms with Gasteiger partial charge in [0, 0.05) is 17.9 Å². The first kappa shape index (κ1) is 46.8. The van der Waals surface area contributed by atoms with Crippen molar-refractivity contribution in [3.8, 4) is 0 Å². The number of carbonyl (C=O) groups excluding carboxylic acids is 3. The fourth-order valence-corrected chi connectivity index (χ4v) is 6.28. The largest absolute Gasteiger partial charge is 0.550 e. The maximum absolute atomic E-state index is 10.3. The minimum absolute atomic E-state index is 0.118. The summed E-state index contributed by atoms with van der Waals surface area (Å²) in [6.07, 6.45) is 3.27. The summed E-state index contributed by atoms with van der Waals surface area (Å²) in [6.45, 7) is 28.9. The molecule has 0 N–H and O–H groups in total. The van der Waals surface area contributed by atoms with Gasteiger partial charge < -0.3 is 29.7 Å². The summed E-state index contributed by atoms with van der Waals surface area (Å²) in [7, 11) is 0. The van der Waals surface area contributed by atoms with Crippen molar-refractivity contribution in [1.29, 1.82) is 0 Å². The Kier molecular flexibility index (Phi) is 23.5. The first-order chi connectivity index (χ1) is 19.7. The molecule has 1 aromatic rings. The van der Waals surface area contributed by atoms with Gasteiger partial charge in [0.2, 0.25) is 0 Å². The van der Waals surface area contributed by atoms with Crippen molar-refractivity contribution in [2.45, 2.75) is 145 Å². The summed E-state index contributed by atoms with van der Waals surface area (Å²) < 4.78 is 1.28. The number of benzene rings is 1. The van der Waals surface area contributed by atoms with E-state index in [1.54, 1.807) is 22.5 Å². The van der Waals surface area contributed by atoms with Gasteiger partial charge in [-0.2, -0.15) is 0 Å². The number of rotatable bonds is 14. The molecule has 44 heavy (non-hydrogen) atoms. The quantitative estimate of drug-likeness (QED) is 0.213. The van der Waals surface area contributed by atoms with E-state index < -0.39 is 17.9 Å². The average Bonchev–Trinajstić information content (AvgIpc) is 2.75. The van der Waals surface area contributed by atoms with Gasteiger partial charge in [-0.15, -0.1) is 0 Å². The molecule has 0 aromatic heterocycles. The van der Waals surface area contributed by atoms with E-state index in [0.29, 0.717) is 23.2 Å².